The van der Waals surface area contributed by atoms with Crippen LogP contribution in [0.15, 0.2) is 36.5 Å². The number of benzene rings is 2. The maximum Gasteiger partial charge on any atom is 0.277 e. The van der Waals surface area contributed by atoms with Gasteiger partial charge in [0.2, 0.25) is 0 Å². The van der Waals surface area contributed by atoms with Crippen molar-refractivity contribution in [3.8, 4) is 12.3 Å². The van der Waals surface area contributed by atoms with E-state index in [9.17, 15) is 13.6 Å². The van der Waals surface area contributed by atoms with Gasteiger partial charge < -0.3 is 11.1 Å². The van der Waals surface area contributed by atoms with E-state index in [1.54, 1.807) is 6.07 Å². The SMILES string of the molecule is C#CCCCONC(=O)c1cc(Cc2ccnc(N)c2F)c(F)c(F)c1Nc1ccc(I)cc1F. The number of unbranched alkanes of at least 4 members (excludes halogenated alkanes) is 1. The summed E-state index contributed by atoms with van der Waals surface area (Å²) in [4.78, 5) is 21.5. The van der Waals surface area contributed by atoms with Crippen molar-refractivity contribution in [2.24, 2.45) is 0 Å². The number of nitrogens with two attached hydrogens (primary N) is 1. The van der Waals surface area contributed by atoms with Gasteiger partial charge in [-0.25, -0.2) is 28.0 Å². The van der Waals surface area contributed by atoms with Gasteiger partial charge in [-0.05, 0) is 70.5 Å². The first-order valence-electron chi connectivity index (χ1n) is 10.2. The van der Waals surface area contributed by atoms with E-state index in [4.69, 9.17) is 17.0 Å². The van der Waals surface area contributed by atoms with Crippen molar-refractivity contribution < 1.29 is 27.2 Å². The van der Waals surface area contributed by atoms with Crippen LogP contribution >= 0.6 is 22.6 Å². The molecule has 1 heterocycles. The maximum atomic E-state index is 15.2. The second-order valence-corrected chi connectivity index (χ2v) is 8.51. The molecule has 35 heavy (non-hydrogen) atoms. The molecule has 182 valence electrons. The van der Waals surface area contributed by atoms with Crippen LogP contribution in [-0.2, 0) is 11.3 Å². The lowest BCUT2D eigenvalue weighted by Gasteiger charge is -2.17. The molecule has 0 atom stereocenters. The molecule has 0 bridgehead atoms. The summed E-state index contributed by atoms with van der Waals surface area (Å²) in [6, 6.07) is 6.32. The van der Waals surface area contributed by atoms with Crippen LogP contribution < -0.4 is 16.5 Å². The minimum absolute atomic E-state index is 0.0583. The molecule has 3 rings (SSSR count). The Morgan fingerprint density at radius 1 is 1.11 bits per heavy atom. The molecule has 1 amide bonds. The van der Waals surface area contributed by atoms with Crippen molar-refractivity contribution in [2.75, 3.05) is 17.7 Å². The predicted molar refractivity (Wildman–Crippen MR) is 132 cm³/mol. The lowest BCUT2D eigenvalue weighted by Crippen LogP contribution is -2.26. The molecule has 3 aromatic rings. The molecule has 0 aliphatic carbocycles. The van der Waals surface area contributed by atoms with E-state index < -0.39 is 52.7 Å². The Morgan fingerprint density at radius 3 is 2.60 bits per heavy atom. The largest absolute Gasteiger partial charge is 0.381 e. The highest BCUT2D eigenvalue weighted by Crippen LogP contribution is 2.32. The number of pyridine rings is 1. The lowest BCUT2D eigenvalue weighted by molar-refractivity contribution is 0.0307. The number of hydroxylamine groups is 1. The first-order chi connectivity index (χ1) is 16.7. The molecule has 0 saturated heterocycles. The zero-order chi connectivity index (χ0) is 25.5. The Hall–Kier alpha value is -3.37. The van der Waals surface area contributed by atoms with Crippen molar-refractivity contribution in [1.82, 2.24) is 10.5 Å². The molecule has 1 aromatic heterocycles. The molecule has 0 spiro atoms. The van der Waals surface area contributed by atoms with Gasteiger partial charge in [0.25, 0.3) is 5.91 Å². The van der Waals surface area contributed by atoms with Crippen LogP contribution in [-0.4, -0.2) is 17.5 Å². The second kappa shape index (κ2) is 11.9. The fourth-order valence-corrected chi connectivity index (χ4v) is 3.55. The van der Waals surface area contributed by atoms with Crippen molar-refractivity contribution in [1.29, 1.82) is 0 Å². The number of rotatable bonds is 9. The van der Waals surface area contributed by atoms with Crippen molar-refractivity contribution >= 4 is 45.7 Å². The number of anilines is 3. The van der Waals surface area contributed by atoms with E-state index in [0.717, 1.165) is 6.07 Å². The number of hydrogen-bond acceptors (Lipinski definition) is 5. The van der Waals surface area contributed by atoms with Gasteiger partial charge in [-0.1, -0.05) is 0 Å². The zero-order valence-corrected chi connectivity index (χ0v) is 20.3. The molecule has 4 N–H and O–H groups in total. The fraction of sp³-hybridized carbons (Fsp3) is 0.167. The molecular formula is C24H19F4IN4O2. The third kappa shape index (κ3) is 6.40. The van der Waals surface area contributed by atoms with Crippen molar-refractivity contribution in [3.63, 3.8) is 0 Å². The molecule has 6 nitrogen and oxygen atoms in total. The Balaban J connectivity index is 2.02. The second-order valence-electron chi connectivity index (χ2n) is 7.27. The Labute approximate surface area is 212 Å². The summed E-state index contributed by atoms with van der Waals surface area (Å²) in [5.41, 5.74) is 5.99. The van der Waals surface area contributed by atoms with Crippen LogP contribution in [0.2, 0.25) is 0 Å². The first kappa shape index (κ1) is 26.2. The van der Waals surface area contributed by atoms with Crippen LogP contribution in [0.4, 0.5) is 34.8 Å². The normalized spacial score (nSPS) is 10.6. The summed E-state index contributed by atoms with van der Waals surface area (Å²) in [5, 5.41) is 2.44. The Morgan fingerprint density at radius 2 is 1.89 bits per heavy atom. The van der Waals surface area contributed by atoms with Gasteiger partial charge in [-0.3, -0.25) is 9.63 Å². The number of nitrogens with zero attached hydrogens (tertiary/aromatic N) is 1. The number of carbonyl (C=O) groups is 1. The van der Waals surface area contributed by atoms with Gasteiger partial charge in [0.1, 0.15) is 5.82 Å². The minimum atomic E-state index is -1.46. The lowest BCUT2D eigenvalue weighted by atomic mass is 10.00. The maximum absolute atomic E-state index is 15.2. The van der Waals surface area contributed by atoms with E-state index >= 15 is 8.78 Å². The van der Waals surface area contributed by atoms with Crippen LogP contribution in [0.5, 0.6) is 0 Å². The zero-order valence-electron chi connectivity index (χ0n) is 18.1. The summed E-state index contributed by atoms with van der Waals surface area (Å²) in [6.07, 6.45) is 6.80. The summed E-state index contributed by atoms with van der Waals surface area (Å²) < 4.78 is 59.5. The smallest absolute Gasteiger partial charge is 0.277 e. The van der Waals surface area contributed by atoms with E-state index in [2.05, 4.69) is 21.7 Å². The van der Waals surface area contributed by atoms with E-state index in [1.165, 1.54) is 24.4 Å². The number of hydrogen-bond donors (Lipinski definition) is 3. The molecule has 0 unspecified atom stereocenters. The summed E-state index contributed by atoms with van der Waals surface area (Å²) in [5.74, 6) is -3.37. The highest BCUT2D eigenvalue weighted by atomic mass is 127. The Kier molecular flexibility index (Phi) is 8.89. The van der Waals surface area contributed by atoms with E-state index in [1.807, 2.05) is 22.6 Å². The number of nitrogens with one attached hydrogen (secondary N) is 2. The molecule has 0 aliphatic rings. The Bertz CT molecular complexity index is 1300. The molecular weight excluding hydrogens is 579 g/mol. The third-order valence-corrected chi connectivity index (χ3v) is 5.50. The van der Waals surface area contributed by atoms with Crippen LogP contribution in [0.3, 0.4) is 0 Å². The number of carbonyl (C=O) groups excluding carboxylic acids is 1. The quantitative estimate of drug-likeness (QED) is 0.103. The van der Waals surface area contributed by atoms with Gasteiger partial charge in [0, 0.05) is 22.6 Å². The van der Waals surface area contributed by atoms with Gasteiger partial charge in [0.15, 0.2) is 23.3 Å². The molecule has 0 fully saturated rings. The molecule has 0 saturated carbocycles. The molecule has 0 aliphatic heterocycles. The van der Waals surface area contributed by atoms with E-state index in [0.29, 0.717) is 16.4 Å². The predicted octanol–water partition coefficient (Wildman–Crippen LogP) is 5.23. The standard InChI is InChI=1S/C24H19F4IN4O2/c1-2-3-4-9-35-33-24(34)16-11-14(10-13-7-8-31-23(30)20(13)27)19(26)21(28)22(16)32-18-6-5-15(29)12-17(18)25/h1,5-8,11-12,32H,3-4,9-10H2,(H2,30,31)(H,33,34). The van der Waals surface area contributed by atoms with Gasteiger partial charge >= 0.3 is 0 Å². The fourth-order valence-electron chi connectivity index (χ4n) is 3.10. The number of amides is 1. The first-order valence-corrected chi connectivity index (χ1v) is 11.3. The van der Waals surface area contributed by atoms with Crippen molar-refractivity contribution in [3.05, 3.63) is 80.1 Å². The van der Waals surface area contributed by atoms with Crippen LogP contribution in [0.25, 0.3) is 0 Å². The summed E-state index contributed by atoms with van der Waals surface area (Å²) >= 11 is 1.89. The van der Waals surface area contributed by atoms with E-state index in [-0.39, 0.29) is 23.4 Å². The average molecular weight is 598 g/mol. The number of halogens is 5. The monoisotopic (exact) mass is 598 g/mol. The third-order valence-electron chi connectivity index (χ3n) is 4.83. The number of nitrogen functional groups attached to an aromatic ring is 1. The minimum Gasteiger partial charge on any atom is -0.381 e. The van der Waals surface area contributed by atoms with Gasteiger partial charge in [-0.15, -0.1) is 12.3 Å². The summed E-state index contributed by atoms with van der Waals surface area (Å²) in [7, 11) is 0. The average Bonchev–Trinajstić information content (AvgIpc) is 2.82. The highest BCUT2D eigenvalue weighted by Gasteiger charge is 2.24. The van der Waals surface area contributed by atoms with Gasteiger partial charge in [-0.2, -0.15) is 0 Å². The van der Waals surface area contributed by atoms with Crippen LogP contribution in [0, 0.1) is 39.2 Å². The summed E-state index contributed by atoms with van der Waals surface area (Å²) in [6.45, 7) is 0.0719. The van der Waals surface area contributed by atoms with Crippen LogP contribution in [0.1, 0.15) is 34.3 Å². The number of terminal acetylenes is 1. The van der Waals surface area contributed by atoms with Crippen molar-refractivity contribution in [2.45, 2.75) is 19.3 Å². The topological polar surface area (TPSA) is 89.3 Å². The molecule has 2 aromatic carbocycles. The number of aromatic nitrogens is 1. The highest BCUT2D eigenvalue weighted by molar-refractivity contribution is 14.1. The molecule has 0 radical (unpaired) electrons. The van der Waals surface area contributed by atoms with Gasteiger partial charge in [0.05, 0.1) is 23.5 Å². The molecule has 11 heteroatoms.